The van der Waals surface area contributed by atoms with Crippen molar-refractivity contribution >= 4 is 17.2 Å². The predicted molar refractivity (Wildman–Crippen MR) is 56.7 cm³/mol. The normalized spacial score (nSPS) is 16.5. The molecule has 2 rings (SSSR count). The standard InChI is InChI=1S/C11H11FN2O/c1-14(2)6-9-8-5-7(12)3-4-10(8)13-11(9)15/h3-6H,1-2H3,(H,13,15)/b9-6+. The van der Waals surface area contributed by atoms with Crippen LogP contribution in [-0.2, 0) is 4.79 Å². The summed E-state index contributed by atoms with van der Waals surface area (Å²) in [6, 6.07) is 4.26. The zero-order valence-corrected chi connectivity index (χ0v) is 8.54. The second-order valence-electron chi connectivity index (χ2n) is 3.65. The van der Waals surface area contributed by atoms with Crippen LogP contribution in [0.25, 0.3) is 5.57 Å². The van der Waals surface area contributed by atoms with Gasteiger partial charge in [-0.25, -0.2) is 4.39 Å². The third-order valence-corrected chi connectivity index (χ3v) is 2.15. The third-order valence-electron chi connectivity index (χ3n) is 2.15. The van der Waals surface area contributed by atoms with Crippen molar-refractivity contribution in [2.45, 2.75) is 0 Å². The summed E-state index contributed by atoms with van der Waals surface area (Å²) in [7, 11) is 3.63. The summed E-state index contributed by atoms with van der Waals surface area (Å²) in [5.41, 5.74) is 1.78. The molecular weight excluding hydrogens is 195 g/mol. The molecule has 1 aliphatic rings. The molecule has 1 N–H and O–H groups in total. The zero-order valence-electron chi connectivity index (χ0n) is 8.54. The Morgan fingerprint density at radius 1 is 1.40 bits per heavy atom. The van der Waals surface area contributed by atoms with Crippen molar-refractivity contribution < 1.29 is 9.18 Å². The van der Waals surface area contributed by atoms with Crippen molar-refractivity contribution in [1.82, 2.24) is 4.90 Å². The number of nitrogens with zero attached hydrogens (tertiary/aromatic N) is 1. The van der Waals surface area contributed by atoms with E-state index >= 15 is 0 Å². The number of hydrogen-bond donors (Lipinski definition) is 1. The highest BCUT2D eigenvalue weighted by atomic mass is 19.1. The van der Waals surface area contributed by atoms with Gasteiger partial charge in [0.15, 0.2) is 0 Å². The van der Waals surface area contributed by atoms with Gasteiger partial charge in [-0.05, 0) is 18.2 Å². The summed E-state index contributed by atoms with van der Waals surface area (Å²) < 4.78 is 13.0. The van der Waals surface area contributed by atoms with Crippen LogP contribution in [0.3, 0.4) is 0 Å². The Balaban J connectivity index is 2.53. The fourth-order valence-corrected chi connectivity index (χ4v) is 1.55. The molecule has 0 radical (unpaired) electrons. The number of anilines is 1. The van der Waals surface area contributed by atoms with Gasteiger partial charge >= 0.3 is 0 Å². The molecule has 4 heteroatoms. The quantitative estimate of drug-likeness (QED) is 0.709. The lowest BCUT2D eigenvalue weighted by molar-refractivity contribution is -0.110. The van der Waals surface area contributed by atoms with Gasteiger partial charge in [-0.2, -0.15) is 0 Å². The van der Waals surface area contributed by atoms with Crippen molar-refractivity contribution in [2.75, 3.05) is 19.4 Å². The van der Waals surface area contributed by atoms with Crippen LogP contribution in [0.15, 0.2) is 24.4 Å². The highest BCUT2D eigenvalue weighted by Gasteiger charge is 2.24. The lowest BCUT2D eigenvalue weighted by atomic mass is 10.1. The van der Waals surface area contributed by atoms with E-state index in [-0.39, 0.29) is 11.7 Å². The maximum Gasteiger partial charge on any atom is 0.257 e. The van der Waals surface area contributed by atoms with Gasteiger partial charge in [-0.1, -0.05) is 0 Å². The van der Waals surface area contributed by atoms with E-state index < -0.39 is 0 Å². The summed E-state index contributed by atoms with van der Waals surface area (Å²) in [4.78, 5) is 13.3. The Morgan fingerprint density at radius 2 is 2.13 bits per heavy atom. The molecule has 0 unspecified atom stereocenters. The highest BCUT2D eigenvalue weighted by Crippen LogP contribution is 2.31. The minimum absolute atomic E-state index is 0.190. The lowest BCUT2D eigenvalue weighted by Crippen LogP contribution is -2.08. The van der Waals surface area contributed by atoms with Crippen molar-refractivity contribution in [1.29, 1.82) is 0 Å². The number of amides is 1. The number of nitrogens with one attached hydrogen (secondary N) is 1. The Kier molecular flexibility index (Phi) is 2.19. The molecule has 0 aliphatic carbocycles. The van der Waals surface area contributed by atoms with Crippen LogP contribution in [-0.4, -0.2) is 24.9 Å². The molecule has 1 aliphatic heterocycles. The number of rotatable bonds is 1. The number of carbonyl (C=O) groups is 1. The molecule has 78 valence electrons. The van der Waals surface area contributed by atoms with Gasteiger partial charge in [0.05, 0.1) is 5.57 Å². The largest absolute Gasteiger partial charge is 0.383 e. The number of fused-ring (bicyclic) bond motifs is 1. The molecule has 1 heterocycles. The summed E-state index contributed by atoms with van der Waals surface area (Å²) in [5.74, 6) is -0.529. The van der Waals surface area contributed by atoms with Crippen molar-refractivity contribution in [3.63, 3.8) is 0 Å². The van der Waals surface area contributed by atoms with Gasteiger partial charge in [0.2, 0.25) is 0 Å². The second-order valence-corrected chi connectivity index (χ2v) is 3.65. The van der Waals surface area contributed by atoms with Crippen LogP contribution in [0.2, 0.25) is 0 Å². The summed E-state index contributed by atoms with van der Waals surface area (Å²) in [5, 5.41) is 2.68. The zero-order chi connectivity index (χ0) is 11.0. The van der Waals surface area contributed by atoms with Gasteiger partial charge in [-0.15, -0.1) is 0 Å². The Labute approximate surface area is 87.2 Å². The van der Waals surface area contributed by atoms with Gasteiger partial charge in [0.25, 0.3) is 5.91 Å². The molecule has 1 aromatic carbocycles. The number of benzene rings is 1. The maximum absolute atomic E-state index is 13.0. The molecule has 0 aromatic heterocycles. The molecule has 0 saturated carbocycles. The van der Waals surface area contributed by atoms with Crippen molar-refractivity contribution in [2.24, 2.45) is 0 Å². The van der Waals surface area contributed by atoms with Crippen LogP contribution in [0.1, 0.15) is 5.56 Å². The van der Waals surface area contributed by atoms with Gasteiger partial charge < -0.3 is 10.2 Å². The van der Waals surface area contributed by atoms with Crippen molar-refractivity contribution in [3.8, 4) is 0 Å². The van der Waals surface area contributed by atoms with E-state index in [4.69, 9.17) is 0 Å². The summed E-state index contributed by atoms with van der Waals surface area (Å²) in [6.45, 7) is 0. The average molecular weight is 206 g/mol. The van der Waals surface area contributed by atoms with Crippen LogP contribution in [0.4, 0.5) is 10.1 Å². The van der Waals surface area contributed by atoms with Crippen LogP contribution < -0.4 is 5.32 Å². The number of carbonyl (C=O) groups excluding carboxylic acids is 1. The van der Waals surface area contributed by atoms with E-state index in [1.807, 2.05) is 14.1 Å². The Hall–Kier alpha value is -1.84. The maximum atomic E-state index is 13.0. The Morgan fingerprint density at radius 3 is 2.80 bits per heavy atom. The molecule has 3 nitrogen and oxygen atoms in total. The topological polar surface area (TPSA) is 32.3 Å². The van der Waals surface area contributed by atoms with E-state index in [1.165, 1.54) is 12.1 Å². The van der Waals surface area contributed by atoms with Crippen LogP contribution >= 0.6 is 0 Å². The smallest absolute Gasteiger partial charge is 0.257 e. The molecule has 1 aromatic rings. The van der Waals surface area contributed by atoms with Gasteiger partial charge in [0, 0.05) is 31.5 Å². The molecule has 0 spiro atoms. The molecule has 15 heavy (non-hydrogen) atoms. The van der Waals surface area contributed by atoms with E-state index in [1.54, 1.807) is 17.2 Å². The first-order valence-electron chi connectivity index (χ1n) is 4.57. The van der Waals surface area contributed by atoms with Gasteiger partial charge in [-0.3, -0.25) is 4.79 Å². The molecule has 0 fully saturated rings. The first kappa shape index (κ1) is 9.71. The minimum Gasteiger partial charge on any atom is -0.383 e. The molecule has 0 atom stereocenters. The SMILES string of the molecule is CN(C)/C=C1/C(=O)Nc2ccc(F)cc21. The molecular formula is C11H11FN2O. The van der Waals surface area contributed by atoms with E-state index in [9.17, 15) is 9.18 Å². The summed E-state index contributed by atoms with van der Waals surface area (Å²) in [6.07, 6.45) is 1.68. The second kappa shape index (κ2) is 3.38. The van der Waals surface area contributed by atoms with E-state index in [0.29, 0.717) is 16.8 Å². The number of halogens is 1. The Bertz CT molecular complexity index is 452. The molecule has 0 saturated heterocycles. The molecule has 1 amide bonds. The first-order chi connectivity index (χ1) is 7.08. The highest BCUT2D eigenvalue weighted by molar-refractivity contribution is 6.31. The fourth-order valence-electron chi connectivity index (χ4n) is 1.55. The third kappa shape index (κ3) is 1.70. The average Bonchev–Trinajstić information content (AvgIpc) is 2.43. The molecule has 0 bridgehead atoms. The predicted octanol–water partition coefficient (Wildman–Crippen LogP) is 1.68. The van der Waals surface area contributed by atoms with Crippen molar-refractivity contribution in [3.05, 3.63) is 35.8 Å². The first-order valence-corrected chi connectivity index (χ1v) is 4.57. The summed E-state index contributed by atoms with van der Waals surface area (Å²) >= 11 is 0. The fraction of sp³-hybridized carbons (Fsp3) is 0.182. The van der Waals surface area contributed by atoms with E-state index in [2.05, 4.69) is 5.32 Å². The lowest BCUT2D eigenvalue weighted by Gasteiger charge is -2.06. The van der Waals surface area contributed by atoms with Crippen LogP contribution in [0.5, 0.6) is 0 Å². The monoisotopic (exact) mass is 206 g/mol. The number of hydrogen-bond acceptors (Lipinski definition) is 2. The van der Waals surface area contributed by atoms with Gasteiger partial charge in [0.1, 0.15) is 5.82 Å². The minimum atomic E-state index is -0.338. The van der Waals surface area contributed by atoms with Crippen LogP contribution in [0, 0.1) is 5.82 Å². The van der Waals surface area contributed by atoms with E-state index in [0.717, 1.165) is 0 Å².